The summed E-state index contributed by atoms with van der Waals surface area (Å²) < 4.78 is 33.5. The van der Waals surface area contributed by atoms with Crippen LogP contribution in [0.4, 0.5) is 13.6 Å². The van der Waals surface area contributed by atoms with Crippen LogP contribution >= 0.6 is 15.9 Å². The number of ether oxygens (including phenoxy) is 1. The minimum Gasteiger partial charge on any atom is -0.444 e. The number of nitrogens with zero attached hydrogens (tertiary/aromatic N) is 1. The van der Waals surface area contributed by atoms with E-state index in [9.17, 15) is 13.6 Å². The zero-order valence-corrected chi connectivity index (χ0v) is 16.0. The molecule has 134 valence electrons. The molecule has 0 heterocycles. The Morgan fingerprint density at radius 2 is 1.79 bits per heavy atom. The van der Waals surface area contributed by atoms with Crippen LogP contribution in [-0.4, -0.2) is 22.6 Å². The fraction of sp³-hybridized carbons (Fsp3) is 0.611. The minimum absolute atomic E-state index is 0.0102. The minimum atomic E-state index is -0.637. The first-order chi connectivity index (χ1) is 11.2. The van der Waals surface area contributed by atoms with Gasteiger partial charge in [-0.15, -0.1) is 0 Å². The van der Waals surface area contributed by atoms with Gasteiger partial charge >= 0.3 is 6.09 Å². The van der Waals surface area contributed by atoms with Crippen LogP contribution < -0.4 is 0 Å². The SMILES string of the molecule is CC(C)(C)OC(=O)N(Cc1c(F)ccc(F)c1Br)C1CCCCC1. The number of benzene rings is 1. The molecule has 1 aromatic rings. The van der Waals surface area contributed by atoms with Crippen molar-refractivity contribution in [3.8, 4) is 0 Å². The second-order valence-corrected chi connectivity index (χ2v) is 8.01. The summed E-state index contributed by atoms with van der Waals surface area (Å²) in [6.07, 6.45) is 4.41. The molecule has 24 heavy (non-hydrogen) atoms. The van der Waals surface area contributed by atoms with Gasteiger partial charge in [0.2, 0.25) is 0 Å². The Morgan fingerprint density at radius 1 is 1.21 bits per heavy atom. The zero-order chi connectivity index (χ0) is 17.9. The number of amides is 1. The number of carbonyl (C=O) groups excluding carboxylic acids is 1. The van der Waals surface area contributed by atoms with Crippen molar-refractivity contribution in [3.63, 3.8) is 0 Å². The molecule has 0 aromatic heterocycles. The van der Waals surface area contributed by atoms with Gasteiger partial charge < -0.3 is 9.64 Å². The quantitative estimate of drug-likeness (QED) is 0.597. The second kappa shape index (κ2) is 7.81. The molecule has 0 saturated heterocycles. The predicted octanol–water partition coefficient (Wildman–Crippen LogP) is 5.80. The highest BCUT2D eigenvalue weighted by Crippen LogP contribution is 2.30. The van der Waals surface area contributed by atoms with Gasteiger partial charge in [-0.2, -0.15) is 0 Å². The summed E-state index contributed by atoms with van der Waals surface area (Å²) in [6, 6.07) is 2.15. The molecule has 3 nitrogen and oxygen atoms in total. The summed E-state index contributed by atoms with van der Waals surface area (Å²) in [5, 5.41) is 0. The summed E-state index contributed by atoms with van der Waals surface area (Å²) in [5.74, 6) is -1.08. The Morgan fingerprint density at radius 3 is 2.38 bits per heavy atom. The first-order valence-electron chi connectivity index (χ1n) is 8.31. The highest BCUT2D eigenvalue weighted by atomic mass is 79.9. The van der Waals surface area contributed by atoms with E-state index in [1.807, 2.05) is 0 Å². The van der Waals surface area contributed by atoms with Gasteiger partial charge in [-0.25, -0.2) is 13.6 Å². The van der Waals surface area contributed by atoms with E-state index in [1.54, 1.807) is 25.7 Å². The van der Waals surface area contributed by atoms with Crippen LogP contribution in [0.15, 0.2) is 16.6 Å². The third-order valence-corrected chi connectivity index (χ3v) is 4.97. The fourth-order valence-corrected chi connectivity index (χ4v) is 3.39. The second-order valence-electron chi connectivity index (χ2n) is 7.22. The molecule has 1 aromatic carbocycles. The van der Waals surface area contributed by atoms with Crippen LogP contribution in [-0.2, 0) is 11.3 Å². The first kappa shape index (κ1) is 19.2. The van der Waals surface area contributed by atoms with Crippen molar-refractivity contribution in [2.24, 2.45) is 0 Å². The molecule has 1 saturated carbocycles. The molecule has 0 aliphatic heterocycles. The Hall–Kier alpha value is -1.17. The van der Waals surface area contributed by atoms with E-state index < -0.39 is 23.3 Å². The van der Waals surface area contributed by atoms with Crippen LogP contribution in [0.25, 0.3) is 0 Å². The van der Waals surface area contributed by atoms with Gasteiger partial charge in [0.05, 0.1) is 11.0 Å². The number of rotatable bonds is 3. The predicted molar refractivity (Wildman–Crippen MR) is 92.7 cm³/mol. The summed E-state index contributed by atoms with van der Waals surface area (Å²) in [7, 11) is 0. The molecule has 0 unspecified atom stereocenters. The van der Waals surface area contributed by atoms with E-state index >= 15 is 0 Å². The van der Waals surface area contributed by atoms with E-state index in [2.05, 4.69) is 15.9 Å². The third kappa shape index (κ3) is 4.91. The van der Waals surface area contributed by atoms with Gasteiger partial charge in [0.25, 0.3) is 0 Å². The van der Waals surface area contributed by atoms with Gasteiger partial charge in [0.1, 0.15) is 17.2 Å². The Bertz CT molecular complexity index is 595. The lowest BCUT2D eigenvalue weighted by atomic mass is 9.94. The molecule has 0 bridgehead atoms. The summed E-state index contributed by atoms with van der Waals surface area (Å²) in [4.78, 5) is 14.2. The van der Waals surface area contributed by atoms with Gasteiger partial charge in [-0.3, -0.25) is 0 Å². The Balaban J connectivity index is 2.29. The number of hydrogen-bond donors (Lipinski definition) is 0. The van der Waals surface area contributed by atoms with Crippen LogP contribution in [0.1, 0.15) is 58.4 Å². The van der Waals surface area contributed by atoms with Crippen molar-refractivity contribution in [3.05, 3.63) is 33.8 Å². The van der Waals surface area contributed by atoms with Crippen LogP contribution in [0.5, 0.6) is 0 Å². The van der Waals surface area contributed by atoms with Crippen molar-refractivity contribution in [1.29, 1.82) is 0 Å². The number of hydrogen-bond acceptors (Lipinski definition) is 2. The fourth-order valence-electron chi connectivity index (χ4n) is 2.94. The molecule has 0 atom stereocenters. The van der Waals surface area contributed by atoms with Crippen molar-refractivity contribution in [2.45, 2.75) is 71.1 Å². The lowest BCUT2D eigenvalue weighted by Crippen LogP contribution is -2.44. The third-order valence-electron chi connectivity index (χ3n) is 4.11. The largest absolute Gasteiger partial charge is 0.444 e. The highest BCUT2D eigenvalue weighted by Gasteiger charge is 2.31. The number of carbonyl (C=O) groups is 1. The maximum Gasteiger partial charge on any atom is 0.410 e. The maximum atomic E-state index is 14.2. The van der Waals surface area contributed by atoms with Gasteiger partial charge in [0, 0.05) is 11.6 Å². The molecule has 1 amide bonds. The standard InChI is InChI=1S/C18H24BrF2NO2/c1-18(2,3)24-17(23)22(12-7-5-4-6-8-12)11-13-14(20)9-10-15(21)16(13)19/h9-10,12H,4-8,11H2,1-3H3. The van der Waals surface area contributed by atoms with Gasteiger partial charge in [-0.05, 0) is 61.7 Å². The molecule has 0 N–H and O–H groups in total. The Labute approximate surface area is 150 Å². The molecule has 6 heteroatoms. The van der Waals surface area contributed by atoms with E-state index in [0.29, 0.717) is 0 Å². The number of halogens is 3. The average Bonchev–Trinajstić information content (AvgIpc) is 2.50. The molecule has 0 radical (unpaired) electrons. The molecular formula is C18H24BrF2NO2. The molecule has 0 spiro atoms. The van der Waals surface area contributed by atoms with Gasteiger partial charge in [0.15, 0.2) is 0 Å². The van der Waals surface area contributed by atoms with Gasteiger partial charge in [-0.1, -0.05) is 19.3 Å². The van der Waals surface area contributed by atoms with Crippen LogP contribution in [0, 0.1) is 11.6 Å². The molecule has 1 aliphatic carbocycles. The van der Waals surface area contributed by atoms with Crippen LogP contribution in [0.3, 0.4) is 0 Å². The maximum absolute atomic E-state index is 14.2. The molecule has 1 aliphatic rings. The highest BCUT2D eigenvalue weighted by molar-refractivity contribution is 9.10. The lowest BCUT2D eigenvalue weighted by molar-refractivity contribution is 0.00958. The van der Waals surface area contributed by atoms with Crippen molar-refractivity contribution < 1.29 is 18.3 Å². The smallest absolute Gasteiger partial charge is 0.410 e. The topological polar surface area (TPSA) is 29.5 Å². The summed E-state index contributed by atoms with van der Waals surface area (Å²) in [5.41, 5.74) is -0.492. The van der Waals surface area contributed by atoms with Crippen molar-refractivity contribution in [1.82, 2.24) is 4.90 Å². The lowest BCUT2D eigenvalue weighted by Gasteiger charge is -2.36. The normalized spacial score (nSPS) is 16.1. The average molecular weight is 404 g/mol. The van der Waals surface area contributed by atoms with E-state index in [0.717, 1.165) is 44.2 Å². The van der Waals surface area contributed by atoms with E-state index in [4.69, 9.17) is 4.74 Å². The zero-order valence-electron chi connectivity index (χ0n) is 14.4. The summed E-state index contributed by atoms with van der Waals surface area (Å²) in [6.45, 7) is 5.37. The Kier molecular flexibility index (Phi) is 6.23. The summed E-state index contributed by atoms with van der Waals surface area (Å²) >= 11 is 3.10. The molecule has 2 rings (SSSR count). The van der Waals surface area contributed by atoms with Crippen molar-refractivity contribution >= 4 is 22.0 Å². The van der Waals surface area contributed by atoms with Crippen LogP contribution in [0.2, 0.25) is 0 Å². The molecular weight excluding hydrogens is 380 g/mol. The van der Waals surface area contributed by atoms with E-state index in [-0.39, 0.29) is 22.6 Å². The van der Waals surface area contributed by atoms with Crippen molar-refractivity contribution in [2.75, 3.05) is 0 Å². The first-order valence-corrected chi connectivity index (χ1v) is 9.10. The molecule has 1 fully saturated rings. The van der Waals surface area contributed by atoms with E-state index in [1.165, 1.54) is 0 Å². The monoisotopic (exact) mass is 403 g/mol.